The van der Waals surface area contributed by atoms with Gasteiger partial charge in [0.25, 0.3) is 0 Å². The molecule has 2 rings (SSSR count). The number of nitrogens with one attached hydrogen (secondary N) is 2. The van der Waals surface area contributed by atoms with Crippen molar-refractivity contribution in [1.29, 1.82) is 0 Å². The average molecular weight is 265 g/mol. The number of fused-ring (bicyclic) bond motifs is 1. The topological polar surface area (TPSA) is 92.9 Å². The first-order valence-corrected chi connectivity index (χ1v) is 6.48. The number of hydrogen-bond acceptors (Lipinski definition) is 6. The minimum Gasteiger partial charge on any atom is -0.368 e. The normalized spacial score (nSPS) is 10.8. The Morgan fingerprint density at radius 1 is 1.50 bits per heavy atom. The van der Waals surface area contributed by atoms with Crippen LogP contribution >= 0.6 is 11.3 Å². The second-order valence-corrected chi connectivity index (χ2v) is 5.04. The summed E-state index contributed by atoms with van der Waals surface area (Å²) in [4.78, 5) is 20.6. The van der Waals surface area contributed by atoms with Gasteiger partial charge in [0, 0.05) is 6.04 Å². The molecule has 6 nitrogen and oxygen atoms in total. The minimum absolute atomic E-state index is 0.0782. The summed E-state index contributed by atoms with van der Waals surface area (Å²) in [5, 5.41) is 8.58. The van der Waals surface area contributed by atoms with Crippen molar-refractivity contribution in [2.75, 3.05) is 17.6 Å². The molecule has 2 heterocycles. The van der Waals surface area contributed by atoms with Gasteiger partial charge in [0.1, 0.15) is 10.6 Å². The maximum absolute atomic E-state index is 11.5. The molecule has 0 spiro atoms. The van der Waals surface area contributed by atoms with E-state index < -0.39 is 0 Å². The van der Waals surface area contributed by atoms with Crippen LogP contribution in [0, 0.1) is 0 Å². The van der Waals surface area contributed by atoms with Gasteiger partial charge in [-0.25, -0.2) is 4.98 Å². The quantitative estimate of drug-likeness (QED) is 0.772. The van der Waals surface area contributed by atoms with Crippen LogP contribution in [-0.2, 0) is 4.79 Å². The van der Waals surface area contributed by atoms with Crippen LogP contribution in [0.3, 0.4) is 0 Å². The Morgan fingerprint density at radius 2 is 2.28 bits per heavy atom. The summed E-state index contributed by atoms with van der Waals surface area (Å²) in [6.07, 6.45) is 0. The Kier molecular flexibility index (Phi) is 3.61. The number of thiophene rings is 1. The van der Waals surface area contributed by atoms with Gasteiger partial charge in [0.15, 0.2) is 0 Å². The molecule has 0 bridgehead atoms. The number of aromatic nitrogens is 2. The first-order valence-electron chi connectivity index (χ1n) is 5.60. The Bertz CT molecular complexity index is 566. The summed E-state index contributed by atoms with van der Waals surface area (Å²) in [6, 6.07) is 2.03. The van der Waals surface area contributed by atoms with E-state index in [-0.39, 0.29) is 24.4 Å². The lowest BCUT2D eigenvalue weighted by molar-refractivity contribution is -0.119. The van der Waals surface area contributed by atoms with E-state index in [1.807, 2.05) is 25.3 Å². The molecule has 0 fully saturated rings. The van der Waals surface area contributed by atoms with Crippen LogP contribution in [0.4, 0.5) is 11.8 Å². The molecule has 0 aromatic carbocycles. The zero-order valence-electron chi connectivity index (χ0n) is 10.2. The highest BCUT2D eigenvalue weighted by Gasteiger charge is 2.09. The highest BCUT2D eigenvalue weighted by molar-refractivity contribution is 7.16. The van der Waals surface area contributed by atoms with Crippen LogP contribution in [0.25, 0.3) is 10.2 Å². The molecule has 0 saturated heterocycles. The van der Waals surface area contributed by atoms with E-state index >= 15 is 0 Å². The Labute approximate surface area is 109 Å². The number of carbonyl (C=O) groups is 1. The van der Waals surface area contributed by atoms with Gasteiger partial charge >= 0.3 is 0 Å². The smallest absolute Gasteiger partial charge is 0.239 e. The van der Waals surface area contributed by atoms with Gasteiger partial charge in [0.05, 0.1) is 11.9 Å². The molecule has 0 atom stereocenters. The number of anilines is 2. The van der Waals surface area contributed by atoms with E-state index in [9.17, 15) is 4.79 Å². The van der Waals surface area contributed by atoms with Crippen molar-refractivity contribution in [2.45, 2.75) is 19.9 Å². The van der Waals surface area contributed by atoms with Crippen molar-refractivity contribution >= 4 is 39.2 Å². The van der Waals surface area contributed by atoms with Crippen molar-refractivity contribution in [1.82, 2.24) is 15.3 Å². The van der Waals surface area contributed by atoms with E-state index in [2.05, 4.69) is 20.6 Å². The Balaban J connectivity index is 2.11. The van der Waals surface area contributed by atoms with Crippen molar-refractivity contribution in [2.24, 2.45) is 0 Å². The summed E-state index contributed by atoms with van der Waals surface area (Å²) in [7, 11) is 0. The Hall–Kier alpha value is -1.89. The second kappa shape index (κ2) is 5.18. The first-order chi connectivity index (χ1) is 8.56. The van der Waals surface area contributed by atoms with Gasteiger partial charge in [0.2, 0.25) is 11.9 Å². The zero-order valence-corrected chi connectivity index (χ0v) is 11.0. The van der Waals surface area contributed by atoms with Crippen molar-refractivity contribution in [3.05, 3.63) is 11.4 Å². The van der Waals surface area contributed by atoms with Crippen molar-refractivity contribution in [3.63, 3.8) is 0 Å². The molecule has 2 aromatic rings. The maximum Gasteiger partial charge on any atom is 0.239 e. The predicted molar refractivity (Wildman–Crippen MR) is 73.6 cm³/mol. The molecule has 0 radical (unpaired) electrons. The fourth-order valence-electron chi connectivity index (χ4n) is 1.54. The number of nitrogens with zero attached hydrogens (tertiary/aromatic N) is 2. The molecule has 0 aliphatic heterocycles. The third kappa shape index (κ3) is 2.86. The number of amides is 1. The standard InChI is InChI=1S/C11H15N5OS/c1-6(2)14-8(17)5-13-9-7-3-4-18-10(7)16-11(12)15-9/h3-4,6H,5H2,1-2H3,(H,14,17)(H3,12,13,15,16). The molecule has 7 heteroatoms. The van der Waals surface area contributed by atoms with Crippen LogP contribution in [-0.4, -0.2) is 28.5 Å². The lowest BCUT2D eigenvalue weighted by Gasteiger charge is -2.10. The van der Waals surface area contributed by atoms with E-state index in [0.29, 0.717) is 5.82 Å². The van der Waals surface area contributed by atoms with E-state index in [1.165, 1.54) is 11.3 Å². The van der Waals surface area contributed by atoms with Gasteiger partial charge in [-0.05, 0) is 25.3 Å². The fraction of sp³-hybridized carbons (Fsp3) is 0.364. The van der Waals surface area contributed by atoms with Crippen molar-refractivity contribution in [3.8, 4) is 0 Å². The van der Waals surface area contributed by atoms with Crippen LogP contribution in [0.15, 0.2) is 11.4 Å². The zero-order chi connectivity index (χ0) is 13.1. The third-order valence-electron chi connectivity index (χ3n) is 2.21. The second-order valence-electron chi connectivity index (χ2n) is 4.15. The lowest BCUT2D eigenvalue weighted by atomic mass is 10.3. The highest BCUT2D eigenvalue weighted by Crippen LogP contribution is 2.25. The van der Waals surface area contributed by atoms with Gasteiger partial charge in [-0.15, -0.1) is 11.3 Å². The number of nitrogen functional groups attached to an aromatic ring is 1. The average Bonchev–Trinajstić information content (AvgIpc) is 2.72. The number of rotatable bonds is 4. The molecular formula is C11H15N5OS. The number of carbonyl (C=O) groups excluding carboxylic acids is 1. The van der Waals surface area contributed by atoms with E-state index in [4.69, 9.17) is 5.73 Å². The molecule has 0 aliphatic carbocycles. The lowest BCUT2D eigenvalue weighted by Crippen LogP contribution is -2.35. The Morgan fingerprint density at radius 3 is 3.00 bits per heavy atom. The highest BCUT2D eigenvalue weighted by atomic mass is 32.1. The van der Waals surface area contributed by atoms with Crippen LogP contribution in [0.2, 0.25) is 0 Å². The summed E-state index contributed by atoms with van der Waals surface area (Å²) >= 11 is 1.49. The summed E-state index contributed by atoms with van der Waals surface area (Å²) in [5.74, 6) is 0.722. The number of nitrogens with two attached hydrogens (primary N) is 1. The summed E-state index contributed by atoms with van der Waals surface area (Å²) in [5.41, 5.74) is 5.61. The first kappa shape index (κ1) is 12.6. The molecular weight excluding hydrogens is 250 g/mol. The van der Waals surface area contributed by atoms with Gasteiger partial charge in [-0.1, -0.05) is 0 Å². The maximum atomic E-state index is 11.5. The molecule has 4 N–H and O–H groups in total. The van der Waals surface area contributed by atoms with Gasteiger partial charge in [-0.2, -0.15) is 4.98 Å². The predicted octanol–water partition coefficient (Wildman–Crippen LogP) is 1.21. The molecule has 1 amide bonds. The third-order valence-corrected chi connectivity index (χ3v) is 3.02. The summed E-state index contributed by atoms with van der Waals surface area (Å²) in [6.45, 7) is 3.99. The fourth-order valence-corrected chi connectivity index (χ4v) is 2.31. The molecule has 96 valence electrons. The van der Waals surface area contributed by atoms with Crippen LogP contribution in [0.5, 0.6) is 0 Å². The van der Waals surface area contributed by atoms with Gasteiger partial charge < -0.3 is 16.4 Å². The van der Waals surface area contributed by atoms with E-state index in [0.717, 1.165) is 10.2 Å². The number of hydrogen-bond donors (Lipinski definition) is 3. The van der Waals surface area contributed by atoms with Crippen LogP contribution in [0.1, 0.15) is 13.8 Å². The monoisotopic (exact) mass is 265 g/mol. The summed E-state index contributed by atoms with van der Waals surface area (Å²) < 4.78 is 0. The van der Waals surface area contributed by atoms with Crippen LogP contribution < -0.4 is 16.4 Å². The molecule has 0 aliphatic rings. The molecule has 2 aromatic heterocycles. The molecule has 0 saturated carbocycles. The van der Waals surface area contributed by atoms with Gasteiger partial charge in [-0.3, -0.25) is 4.79 Å². The van der Waals surface area contributed by atoms with Crippen molar-refractivity contribution < 1.29 is 4.79 Å². The molecule has 0 unspecified atom stereocenters. The molecule has 18 heavy (non-hydrogen) atoms. The SMILES string of the molecule is CC(C)NC(=O)CNc1nc(N)nc2sccc12. The van der Waals surface area contributed by atoms with E-state index in [1.54, 1.807) is 0 Å². The largest absolute Gasteiger partial charge is 0.368 e. The minimum atomic E-state index is -0.0782.